The topological polar surface area (TPSA) is 78.3 Å². The number of rotatable bonds is 3. The molecule has 1 heterocycles. The summed E-state index contributed by atoms with van der Waals surface area (Å²) in [6.07, 6.45) is 2.60. The molecule has 4 nitrogen and oxygen atoms in total. The zero-order chi connectivity index (χ0) is 9.90. The third-order valence-corrected chi connectivity index (χ3v) is 2.78. The molecular formula is C9H18N2O2. The van der Waals surface area contributed by atoms with Gasteiger partial charge in [0.2, 0.25) is 5.91 Å². The molecule has 0 aromatic rings. The molecule has 1 saturated heterocycles. The Bertz CT molecular complexity index is 188. The van der Waals surface area contributed by atoms with Gasteiger partial charge in [-0.05, 0) is 24.7 Å². The molecule has 0 aromatic heterocycles. The first-order valence-corrected chi connectivity index (χ1v) is 4.66. The summed E-state index contributed by atoms with van der Waals surface area (Å²) in [4.78, 5) is 10.8. The van der Waals surface area contributed by atoms with Crippen molar-refractivity contribution in [3.63, 3.8) is 0 Å². The number of hydrogen-bond acceptors (Lipinski definition) is 3. The molecule has 0 aliphatic carbocycles. The summed E-state index contributed by atoms with van der Waals surface area (Å²) in [5.74, 6) is -0.410. The molecule has 1 fully saturated rings. The Labute approximate surface area is 78.6 Å². The molecule has 0 bridgehead atoms. The van der Waals surface area contributed by atoms with Crippen molar-refractivity contribution in [2.75, 3.05) is 13.2 Å². The van der Waals surface area contributed by atoms with Crippen molar-refractivity contribution in [1.29, 1.82) is 0 Å². The van der Waals surface area contributed by atoms with E-state index in [9.17, 15) is 4.79 Å². The molecule has 1 aliphatic rings. The summed E-state index contributed by atoms with van der Waals surface area (Å²) in [5, 5.41) is 0. The van der Waals surface area contributed by atoms with E-state index >= 15 is 0 Å². The highest BCUT2D eigenvalue weighted by molar-refractivity contribution is 5.79. The third kappa shape index (κ3) is 2.97. The van der Waals surface area contributed by atoms with E-state index in [2.05, 4.69) is 6.92 Å². The average molecular weight is 186 g/mol. The lowest BCUT2D eigenvalue weighted by Crippen LogP contribution is -2.42. The first-order chi connectivity index (χ1) is 6.03. The first kappa shape index (κ1) is 10.5. The second-order valence-corrected chi connectivity index (χ2v) is 4.14. The highest BCUT2D eigenvalue weighted by Crippen LogP contribution is 2.33. The number of nitrogens with two attached hydrogens (primary N) is 2. The van der Waals surface area contributed by atoms with Gasteiger partial charge in [0.05, 0.1) is 6.04 Å². The normalized spacial score (nSPS) is 23.8. The molecule has 4 N–H and O–H groups in total. The molecule has 76 valence electrons. The van der Waals surface area contributed by atoms with Crippen LogP contribution in [0.25, 0.3) is 0 Å². The van der Waals surface area contributed by atoms with Crippen molar-refractivity contribution in [3.05, 3.63) is 0 Å². The maximum absolute atomic E-state index is 10.8. The van der Waals surface area contributed by atoms with Crippen molar-refractivity contribution in [3.8, 4) is 0 Å². The van der Waals surface area contributed by atoms with Gasteiger partial charge in [0.25, 0.3) is 0 Å². The SMILES string of the molecule is CC1(CC(N)C(N)=O)CCOCC1. The van der Waals surface area contributed by atoms with Gasteiger partial charge < -0.3 is 16.2 Å². The Morgan fingerprint density at radius 2 is 2.08 bits per heavy atom. The number of primary amides is 1. The highest BCUT2D eigenvalue weighted by Gasteiger charge is 2.30. The molecule has 0 spiro atoms. The number of amides is 1. The zero-order valence-corrected chi connectivity index (χ0v) is 8.08. The molecule has 4 heteroatoms. The van der Waals surface area contributed by atoms with Crippen molar-refractivity contribution in [2.24, 2.45) is 16.9 Å². The van der Waals surface area contributed by atoms with Gasteiger partial charge in [-0.3, -0.25) is 4.79 Å². The fraction of sp³-hybridized carbons (Fsp3) is 0.889. The molecule has 1 unspecified atom stereocenters. The minimum Gasteiger partial charge on any atom is -0.381 e. The number of carbonyl (C=O) groups is 1. The highest BCUT2D eigenvalue weighted by atomic mass is 16.5. The van der Waals surface area contributed by atoms with Crippen LogP contribution in [0.1, 0.15) is 26.2 Å². The van der Waals surface area contributed by atoms with E-state index in [4.69, 9.17) is 16.2 Å². The van der Waals surface area contributed by atoms with Crippen LogP contribution in [0.2, 0.25) is 0 Å². The summed E-state index contributed by atoms with van der Waals surface area (Å²) < 4.78 is 5.25. The minimum absolute atomic E-state index is 0.132. The van der Waals surface area contributed by atoms with Gasteiger partial charge in [-0.25, -0.2) is 0 Å². The van der Waals surface area contributed by atoms with Crippen molar-refractivity contribution in [1.82, 2.24) is 0 Å². The predicted molar refractivity (Wildman–Crippen MR) is 49.9 cm³/mol. The van der Waals surface area contributed by atoms with Gasteiger partial charge >= 0.3 is 0 Å². The number of carbonyl (C=O) groups excluding carboxylic acids is 1. The second kappa shape index (κ2) is 4.07. The smallest absolute Gasteiger partial charge is 0.234 e. The monoisotopic (exact) mass is 186 g/mol. The van der Waals surface area contributed by atoms with E-state index < -0.39 is 11.9 Å². The number of ether oxygens (including phenoxy) is 1. The van der Waals surface area contributed by atoms with E-state index in [1.54, 1.807) is 0 Å². The lowest BCUT2D eigenvalue weighted by atomic mass is 9.77. The van der Waals surface area contributed by atoms with E-state index in [1.165, 1.54) is 0 Å². The molecule has 1 amide bonds. The summed E-state index contributed by atoms with van der Waals surface area (Å²) in [7, 11) is 0. The first-order valence-electron chi connectivity index (χ1n) is 4.66. The van der Waals surface area contributed by atoms with E-state index in [-0.39, 0.29) is 5.41 Å². The standard InChI is InChI=1S/C9H18N2O2/c1-9(2-4-13-5-3-9)6-7(10)8(11)12/h7H,2-6,10H2,1H3,(H2,11,12). The van der Waals surface area contributed by atoms with Crippen molar-refractivity contribution < 1.29 is 9.53 Å². The Hall–Kier alpha value is -0.610. The van der Waals surface area contributed by atoms with Gasteiger partial charge in [-0.2, -0.15) is 0 Å². The number of hydrogen-bond donors (Lipinski definition) is 2. The quantitative estimate of drug-likeness (QED) is 0.651. The van der Waals surface area contributed by atoms with Gasteiger partial charge in [-0.15, -0.1) is 0 Å². The van der Waals surface area contributed by atoms with Gasteiger partial charge in [0.1, 0.15) is 0 Å². The molecule has 0 saturated carbocycles. The zero-order valence-electron chi connectivity index (χ0n) is 8.08. The fourth-order valence-electron chi connectivity index (χ4n) is 1.70. The van der Waals surface area contributed by atoms with E-state index in [0.29, 0.717) is 6.42 Å². The van der Waals surface area contributed by atoms with Gasteiger partial charge in [0.15, 0.2) is 0 Å². The average Bonchev–Trinajstić information content (AvgIpc) is 2.04. The molecule has 1 atom stereocenters. The maximum Gasteiger partial charge on any atom is 0.234 e. The van der Waals surface area contributed by atoms with Crippen LogP contribution < -0.4 is 11.5 Å². The summed E-state index contributed by atoms with van der Waals surface area (Å²) >= 11 is 0. The van der Waals surface area contributed by atoms with Crippen LogP contribution in [0.4, 0.5) is 0 Å². The van der Waals surface area contributed by atoms with E-state index in [1.807, 2.05) is 0 Å². The third-order valence-electron chi connectivity index (χ3n) is 2.78. The second-order valence-electron chi connectivity index (χ2n) is 4.14. The minimum atomic E-state index is -0.511. The van der Waals surface area contributed by atoms with Crippen LogP contribution in [-0.4, -0.2) is 25.2 Å². The lowest BCUT2D eigenvalue weighted by molar-refractivity contribution is -0.120. The Morgan fingerprint density at radius 1 is 1.54 bits per heavy atom. The van der Waals surface area contributed by atoms with Crippen LogP contribution in [0.5, 0.6) is 0 Å². The van der Waals surface area contributed by atoms with Crippen molar-refractivity contribution >= 4 is 5.91 Å². The summed E-state index contributed by atoms with van der Waals surface area (Å²) in [6.45, 7) is 3.67. The van der Waals surface area contributed by atoms with Gasteiger partial charge in [0, 0.05) is 13.2 Å². The predicted octanol–water partition coefficient (Wildman–Crippen LogP) is 0.00580. The Kier molecular flexibility index (Phi) is 3.27. The van der Waals surface area contributed by atoms with E-state index in [0.717, 1.165) is 26.1 Å². The maximum atomic E-state index is 10.8. The summed E-state index contributed by atoms with van der Waals surface area (Å²) in [5.41, 5.74) is 10.9. The molecule has 1 rings (SSSR count). The molecule has 0 aromatic carbocycles. The Morgan fingerprint density at radius 3 is 2.54 bits per heavy atom. The molecule has 13 heavy (non-hydrogen) atoms. The largest absolute Gasteiger partial charge is 0.381 e. The van der Waals surface area contributed by atoms with Crippen LogP contribution in [0, 0.1) is 5.41 Å². The van der Waals surface area contributed by atoms with Gasteiger partial charge in [-0.1, -0.05) is 6.92 Å². The lowest BCUT2D eigenvalue weighted by Gasteiger charge is -2.34. The molecular weight excluding hydrogens is 168 g/mol. The summed E-state index contributed by atoms with van der Waals surface area (Å²) in [6, 6.07) is -0.511. The van der Waals surface area contributed by atoms with Crippen LogP contribution >= 0.6 is 0 Å². The van der Waals surface area contributed by atoms with Crippen molar-refractivity contribution in [2.45, 2.75) is 32.2 Å². The molecule has 1 aliphatic heterocycles. The van der Waals surface area contributed by atoms with Crippen LogP contribution in [0.3, 0.4) is 0 Å². The molecule has 0 radical (unpaired) electrons. The van der Waals surface area contributed by atoms with Crippen LogP contribution in [0.15, 0.2) is 0 Å². The Balaban J connectivity index is 2.45. The fourth-order valence-corrected chi connectivity index (χ4v) is 1.70. The van der Waals surface area contributed by atoms with Crippen LogP contribution in [-0.2, 0) is 9.53 Å².